The predicted octanol–water partition coefficient (Wildman–Crippen LogP) is 3.50. The summed E-state index contributed by atoms with van der Waals surface area (Å²) in [6.45, 7) is 5.39. The summed E-state index contributed by atoms with van der Waals surface area (Å²) in [4.78, 5) is 2.58. The van der Waals surface area contributed by atoms with Gasteiger partial charge >= 0.3 is 0 Å². The molecule has 1 aliphatic heterocycles. The zero-order valence-corrected chi connectivity index (χ0v) is 12.7. The van der Waals surface area contributed by atoms with Gasteiger partial charge in [-0.25, -0.2) is 0 Å². The van der Waals surface area contributed by atoms with Crippen molar-refractivity contribution in [2.24, 2.45) is 5.73 Å². The van der Waals surface area contributed by atoms with Crippen LogP contribution in [0.1, 0.15) is 43.4 Å². The van der Waals surface area contributed by atoms with E-state index < -0.39 is 0 Å². The summed E-state index contributed by atoms with van der Waals surface area (Å²) in [5, 5.41) is 0. The molecule has 0 aliphatic carbocycles. The van der Waals surface area contributed by atoms with Gasteiger partial charge in [-0.2, -0.15) is 0 Å². The minimum atomic E-state index is 0.500. The summed E-state index contributed by atoms with van der Waals surface area (Å²) < 4.78 is 1.24. The van der Waals surface area contributed by atoms with Crippen LogP contribution in [0.4, 0.5) is 0 Å². The third kappa shape index (κ3) is 3.14. The molecular formula is C15H23BrN2. The lowest BCUT2D eigenvalue weighted by Crippen LogP contribution is -2.27. The van der Waals surface area contributed by atoms with E-state index in [1.807, 2.05) is 0 Å². The molecular weight excluding hydrogens is 288 g/mol. The maximum absolute atomic E-state index is 5.79. The third-order valence-corrected chi connectivity index (χ3v) is 4.60. The molecule has 0 amide bonds. The smallest absolute Gasteiger partial charge is 0.0360 e. The number of benzene rings is 1. The van der Waals surface area contributed by atoms with E-state index in [2.05, 4.69) is 46.0 Å². The second-order valence-corrected chi connectivity index (χ2v) is 5.89. The largest absolute Gasteiger partial charge is 0.330 e. The van der Waals surface area contributed by atoms with Crippen LogP contribution in [0.2, 0.25) is 0 Å². The molecule has 3 heteroatoms. The molecule has 1 atom stereocenters. The fourth-order valence-electron chi connectivity index (χ4n) is 2.83. The van der Waals surface area contributed by atoms with E-state index in [-0.39, 0.29) is 0 Å². The van der Waals surface area contributed by atoms with E-state index in [0.29, 0.717) is 6.04 Å². The summed E-state index contributed by atoms with van der Waals surface area (Å²) >= 11 is 3.69. The van der Waals surface area contributed by atoms with Crippen LogP contribution in [-0.2, 0) is 6.42 Å². The Morgan fingerprint density at radius 2 is 2.06 bits per heavy atom. The minimum Gasteiger partial charge on any atom is -0.330 e. The maximum atomic E-state index is 5.79. The molecule has 1 aromatic carbocycles. The Morgan fingerprint density at radius 1 is 1.33 bits per heavy atom. The minimum absolute atomic E-state index is 0.500. The molecule has 1 fully saturated rings. The molecule has 0 bridgehead atoms. The van der Waals surface area contributed by atoms with Crippen molar-refractivity contribution in [3.05, 3.63) is 33.8 Å². The Balaban J connectivity index is 2.21. The Bertz CT molecular complexity index is 386. The second kappa shape index (κ2) is 6.69. The third-order valence-electron chi connectivity index (χ3n) is 3.86. The van der Waals surface area contributed by atoms with Gasteiger partial charge in [-0.15, -0.1) is 0 Å². The van der Waals surface area contributed by atoms with Crippen LogP contribution in [0.3, 0.4) is 0 Å². The van der Waals surface area contributed by atoms with Crippen molar-refractivity contribution in [1.29, 1.82) is 0 Å². The van der Waals surface area contributed by atoms with Crippen LogP contribution in [0.15, 0.2) is 22.7 Å². The van der Waals surface area contributed by atoms with Crippen LogP contribution in [-0.4, -0.2) is 24.5 Å². The first-order valence-corrected chi connectivity index (χ1v) is 7.78. The molecule has 0 aromatic heterocycles. The molecule has 0 saturated carbocycles. The molecule has 1 aromatic rings. The Kier molecular flexibility index (Phi) is 5.22. The van der Waals surface area contributed by atoms with E-state index in [1.54, 1.807) is 0 Å². The predicted molar refractivity (Wildman–Crippen MR) is 80.7 cm³/mol. The van der Waals surface area contributed by atoms with Crippen molar-refractivity contribution in [3.63, 3.8) is 0 Å². The van der Waals surface area contributed by atoms with Crippen LogP contribution >= 0.6 is 15.9 Å². The van der Waals surface area contributed by atoms with Crippen molar-refractivity contribution in [1.82, 2.24) is 4.90 Å². The van der Waals surface area contributed by atoms with Crippen molar-refractivity contribution in [2.45, 2.75) is 38.6 Å². The van der Waals surface area contributed by atoms with E-state index >= 15 is 0 Å². The van der Waals surface area contributed by atoms with Gasteiger partial charge in [0.25, 0.3) is 0 Å². The van der Waals surface area contributed by atoms with Crippen molar-refractivity contribution < 1.29 is 0 Å². The van der Waals surface area contributed by atoms with Crippen molar-refractivity contribution in [3.8, 4) is 0 Å². The lowest BCUT2D eigenvalue weighted by molar-refractivity contribution is 0.236. The van der Waals surface area contributed by atoms with Gasteiger partial charge in [0.1, 0.15) is 0 Å². The molecule has 2 rings (SSSR count). The highest BCUT2D eigenvalue weighted by atomic mass is 79.9. The normalized spacial score (nSPS) is 18.2. The second-order valence-electron chi connectivity index (χ2n) is 5.04. The average molecular weight is 311 g/mol. The number of hydrogen-bond acceptors (Lipinski definition) is 2. The summed E-state index contributed by atoms with van der Waals surface area (Å²) in [5.41, 5.74) is 8.58. The van der Waals surface area contributed by atoms with Gasteiger partial charge in [0, 0.05) is 10.5 Å². The van der Waals surface area contributed by atoms with Crippen LogP contribution in [0, 0.1) is 0 Å². The van der Waals surface area contributed by atoms with Crippen molar-refractivity contribution in [2.75, 3.05) is 19.6 Å². The number of likely N-dealkylation sites (tertiary alicyclic amines) is 1. The topological polar surface area (TPSA) is 29.3 Å². The van der Waals surface area contributed by atoms with E-state index in [0.717, 1.165) is 19.4 Å². The van der Waals surface area contributed by atoms with E-state index in [4.69, 9.17) is 5.73 Å². The number of hydrogen-bond donors (Lipinski definition) is 1. The van der Waals surface area contributed by atoms with Gasteiger partial charge in [0.15, 0.2) is 0 Å². The van der Waals surface area contributed by atoms with E-state index in [9.17, 15) is 0 Å². The molecule has 1 aliphatic rings. The number of nitrogens with two attached hydrogens (primary N) is 1. The summed E-state index contributed by atoms with van der Waals surface area (Å²) in [5.74, 6) is 0. The quantitative estimate of drug-likeness (QED) is 0.902. The Hall–Kier alpha value is -0.380. The Morgan fingerprint density at radius 3 is 2.61 bits per heavy atom. The van der Waals surface area contributed by atoms with Crippen LogP contribution < -0.4 is 5.73 Å². The number of nitrogens with zero attached hydrogens (tertiary/aromatic N) is 1. The fraction of sp³-hybridized carbons (Fsp3) is 0.600. The first kappa shape index (κ1) is 14.0. The maximum Gasteiger partial charge on any atom is 0.0360 e. The number of aryl methyl sites for hydroxylation is 1. The van der Waals surface area contributed by atoms with Gasteiger partial charge in [0.2, 0.25) is 0 Å². The van der Waals surface area contributed by atoms with Crippen molar-refractivity contribution >= 4 is 15.9 Å². The molecule has 1 heterocycles. The number of rotatable bonds is 5. The van der Waals surface area contributed by atoms with Gasteiger partial charge < -0.3 is 5.73 Å². The molecule has 2 N–H and O–H groups in total. The lowest BCUT2D eigenvalue weighted by Gasteiger charge is -2.28. The zero-order valence-electron chi connectivity index (χ0n) is 11.2. The molecule has 1 unspecified atom stereocenters. The van der Waals surface area contributed by atoms with Gasteiger partial charge in [-0.1, -0.05) is 35.0 Å². The monoisotopic (exact) mass is 310 g/mol. The van der Waals surface area contributed by atoms with Crippen LogP contribution in [0.5, 0.6) is 0 Å². The zero-order chi connectivity index (χ0) is 13.0. The van der Waals surface area contributed by atoms with E-state index in [1.165, 1.54) is 41.5 Å². The van der Waals surface area contributed by atoms with Gasteiger partial charge in [0.05, 0.1) is 0 Å². The molecule has 0 radical (unpaired) electrons. The summed E-state index contributed by atoms with van der Waals surface area (Å²) in [7, 11) is 0. The standard InChI is InChI=1S/C15H23BrN2/c1-2-12-5-6-13(11-14(12)16)15(7-8-17)18-9-3-4-10-18/h5-6,11,15H,2-4,7-10,17H2,1H3. The molecule has 100 valence electrons. The highest BCUT2D eigenvalue weighted by molar-refractivity contribution is 9.10. The highest BCUT2D eigenvalue weighted by Crippen LogP contribution is 2.30. The SMILES string of the molecule is CCc1ccc(C(CCN)N2CCCC2)cc1Br. The summed E-state index contributed by atoms with van der Waals surface area (Å²) in [6.07, 6.45) is 4.79. The number of halogens is 1. The fourth-order valence-corrected chi connectivity index (χ4v) is 3.51. The molecule has 1 saturated heterocycles. The summed E-state index contributed by atoms with van der Waals surface area (Å²) in [6, 6.07) is 7.32. The molecule has 0 spiro atoms. The average Bonchev–Trinajstić information content (AvgIpc) is 2.89. The van der Waals surface area contributed by atoms with Crippen LogP contribution in [0.25, 0.3) is 0 Å². The highest BCUT2D eigenvalue weighted by Gasteiger charge is 2.23. The lowest BCUT2D eigenvalue weighted by atomic mass is 10.00. The Labute approximate surface area is 119 Å². The first-order chi connectivity index (χ1) is 8.76. The molecule has 2 nitrogen and oxygen atoms in total. The first-order valence-electron chi connectivity index (χ1n) is 6.98. The van der Waals surface area contributed by atoms with Gasteiger partial charge in [-0.05, 0) is 62.5 Å². The molecule has 18 heavy (non-hydrogen) atoms. The van der Waals surface area contributed by atoms with Gasteiger partial charge in [-0.3, -0.25) is 4.90 Å².